The number of ether oxygens (including phenoxy) is 1. The number of nitrogens with zero attached hydrogens (tertiary/aromatic N) is 1. The summed E-state index contributed by atoms with van der Waals surface area (Å²) in [6, 6.07) is 26.3. The Morgan fingerprint density at radius 3 is 1.85 bits per heavy atom. The molecule has 0 saturated carbocycles. The number of nitrogens with one attached hydrogen (secondary N) is 1. The van der Waals surface area contributed by atoms with Gasteiger partial charge in [-0.3, -0.25) is 4.79 Å². The van der Waals surface area contributed by atoms with Gasteiger partial charge in [-0.25, -0.2) is 0 Å². The summed E-state index contributed by atoms with van der Waals surface area (Å²) in [6.07, 6.45) is 0. The van der Waals surface area contributed by atoms with Gasteiger partial charge in [-0.15, -0.1) is 0 Å². The molecule has 0 radical (unpaired) electrons. The van der Waals surface area contributed by atoms with Crippen LogP contribution in [0.25, 0.3) is 22.0 Å². The van der Waals surface area contributed by atoms with Crippen LogP contribution in [0.15, 0.2) is 72.8 Å². The average Bonchev–Trinajstić information content (AvgIpc) is 3.36. The van der Waals surface area contributed by atoms with E-state index < -0.39 is 16.1 Å². The molecule has 0 spiro atoms. The number of morpholine rings is 1. The number of rotatable bonds is 6. The number of carbonyl (C=O) groups excluding carboxylic acids is 1. The van der Waals surface area contributed by atoms with Gasteiger partial charge in [0.25, 0.3) is 5.91 Å². The fourth-order valence-electron chi connectivity index (χ4n) is 5.45. The molecular formula is C34H42N2O2Si2. The summed E-state index contributed by atoms with van der Waals surface area (Å²) >= 11 is 0. The maximum Gasteiger partial charge on any atom is 0.255 e. The molecule has 40 heavy (non-hydrogen) atoms. The second-order valence-electron chi connectivity index (χ2n) is 13.0. The van der Waals surface area contributed by atoms with E-state index >= 15 is 0 Å². The SMILES string of the molecule is Cc1cccc2[nH]c(/C(=C(/C(=O)N3CCOCC3)c3ccc([Si](C)(C)C)cc3)c3ccc([Si](C)(C)C)cc3)cc12. The van der Waals surface area contributed by atoms with Crippen molar-refractivity contribution in [2.45, 2.75) is 46.2 Å². The quantitative estimate of drug-likeness (QED) is 0.167. The number of carbonyl (C=O) groups is 1. The van der Waals surface area contributed by atoms with Crippen molar-refractivity contribution in [3.05, 3.63) is 95.2 Å². The second-order valence-corrected chi connectivity index (χ2v) is 23.2. The Hall–Kier alpha value is -3.20. The molecule has 0 atom stereocenters. The molecule has 0 bridgehead atoms. The molecule has 1 N–H and O–H groups in total. The molecule has 0 unspecified atom stereocenters. The molecule has 1 aromatic heterocycles. The molecule has 2 heterocycles. The van der Waals surface area contributed by atoms with Crippen molar-refractivity contribution in [1.82, 2.24) is 9.88 Å². The van der Waals surface area contributed by atoms with Gasteiger partial charge in [0.05, 0.1) is 34.9 Å². The van der Waals surface area contributed by atoms with Crippen molar-refractivity contribution in [3.63, 3.8) is 0 Å². The van der Waals surface area contributed by atoms with Gasteiger partial charge in [0.15, 0.2) is 0 Å². The Balaban J connectivity index is 1.80. The maximum absolute atomic E-state index is 14.5. The number of benzene rings is 3. The Kier molecular flexibility index (Phi) is 7.79. The standard InChI is InChI=1S/C34H42N2O2Si2/c1-24-9-8-10-30-29(24)23-31(35-30)32(25-11-15-27(16-12-25)39(2,3)4)33(34(37)36-19-21-38-22-20-36)26-13-17-28(18-14-26)40(5,6)7/h8-18,23,35H,19-22H2,1-7H3/b33-32+. The summed E-state index contributed by atoms with van der Waals surface area (Å²) in [4.78, 5) is 20.1. The smallest absolute Gasteiger partial charge is 0.255 e. The Morgan fingerprint density at radius 2 is 1.32 bits per heavy atom. The second kappa shape index (κ2) is 11.0. The van der Waals surface area contributed by atoms with Crippen molar-refractivity contribution in [3.8, 4) is 0 Å². The van der Waals surface area contributed by atoms with Gasteiger partial charge in [0.2, 0.25) is 0 Å². The molecule has 4 nitrogen and oxygen atoms in total. The van der Waals surface area contributed by atoms with Gasteiger partial charge in [-0.05, 0) is 35.7 Å². The number of aromatic nitrogens is 1. The first-order valence-corrected chi connectivity index (χ1v) is 21.4. The van der Waals surface area contributed by atoms with E-state index in [4.69, 9.17) is 4.74 Å². The first kappa shape index (κ1) is 28.3. The van der Waals surface area contributed by atoms with Crippen molar-refractivity contribution in [2.24, 2.45) is 0 Å². The van der Waals surface area contributed by atoms with E-state index in [9.17, 15) is 4.79 Å². The zero-order chi connectivity index (χ0) is 28.7. The van der Waals surface area contributed by atoms with E-state index in [0.717, 1.165) is 33.5 Å². The number of hydrogen-bond donors (Lipinski definition) is 1. The average molecular weight is 567 g/mol. The number of aryl methyl sites for hydroxylation is 1. The van der Waals surface area contributed by atoms with E-state index in [2.05, 4.69) is 124 Å². The monoisotopic (exact) mass is 566 g/mol. The zero-order valence-electron chi connectivity index (χ0n) is 25.0. The van der Waals surface area contributed by atoms with Crippen molar-refractivity contribution in [2.75, 3.05) is 26.3 Å². The van der Waals surface area contributed by atoms with Crippen LogP contribution in [0.1, 0.15) is 22.4 Å². The number of amides is 1. The Bertz CT molecular complexity index is 1550. The lowest BCUT2D eigenvalue weighted by Crippen LogP contribution is -2.41. The minimum atomic E-state index is -1.49. The fourth-order valence-corrected chi connectivity index (χ4v) is 7.78. The number of H-pyrrole nitrogens is 1. The number of hydrogen-bond acceptors (Lipinski definition) is 2. The van der Waals surface area contributed by atoms with E-state index in [1.54, 1.807) is 0 Å². The topological polar surface area (TPSA) is 45.3 Å². The molecule has 3 aromatic carbocycles. The third-order valence-corrected chi connectivity index (χ3v) is 12.1. The molecule has 1 saturated heterocycles. The predicted molar refractivity (Wildman–Crippen MR) is 175 cm³/mol. The van der Waals surface area contributed by atoms with Gasteiger partial charge in [0.1, 0.15) is 0 Å². The highest BCUT2D eigenvalue weighted by Crippen LogP contribution is 2.35. The molecule has 6 heteroatoms. The molecule has 4 aromatic rings. The number of aromatic amines is 1. The molecule has 1 amide bonds. The van der Waals surface area contributed by atoms with E-state index in [-0.39, 0.29) is 5.91 Å². The highest BCUT2D eigenvalue weighted by Gasteiger charge is 2.28. The van der Waals surface area contributed by atoms with E-state index in [0.29, 0.717) is 26.3 Å². The highest BCUT2D eigenvalue weighted by atomic mass is 28.3. The summed E-state index contributed by atoms with van der Waals surface area (Å²) in [5.41, 5.74) is 6.97. The summed E-state index contributed by atoms with van der Waals surface area (Å²) in [6.45, 7) is 18.7. The van der Waals surface area contributed by atoms with Gasteiger partial charge in [-0.2, -0.15) is 0 Å². The van der Waals surface area contributed by atoms with Gasteiger partial charge < -0.3 is 14.6 Å². The van der Waals surface area contributed by atoms with Crippen LogP contribution < -0.4 is 10.4 Å². The third-order valence-electron chi connectivity index (χ3n) is 7.99. The van der Waals surface area contributed by atoms with Crippen LogP contribution in [-0.4, -0.2) is 58.2 Å². The summed E-state index contributed by atoms with van der Waals surface area (Å²) in [7, 11) is -2.97. The van der Waals surface area contributed by atoms with Crippen LogP contribution in [0.4, 0.5) is 0 Å². The summed E-state index contributed by atoms with van der Waals surface area (Å²) < 4.78 is 5.61. The van der Waals surface area contributed by atoms with Gasteiger partial charge in [0, 0.05) is 35.3 Å². The molecule has 1 aliphatic heterocycles. The van der Waals surface area contributed by atoms with Crippen LogP contribution in [-0.2, 0) is 9.53 Å². The minimum Gasteiger partial charge on any atom is -0.378 e. The minimum absolute atomic E-state index is 0.0590. The van der Waals surface area contributed by atoms with Crippen molar-refractivity contribution < 1.29 is 9.53 Å². The van der Waals surface area contributed by atoms with Crippen LogP contribution in [0.5, 0.6) is 0 Å². The Labute approximate surface area is 241 Å². The van der Waals surface area contributed by atoms with Gasteiger partial charge in [-0.1, -0.05) is 110 Å². The molecule has 5 rings (SSSR count). The van der Waals surface area contributed by atoms with Crippen molar-refractivity contribution in [1.29, 1.82) is 0 Å². The zero-order valence-corrected chi connectivity index (χ0v) is 27.0. The van der Waals surface area contributed by atoms with Crippen LogP contribution >= 0.6 is 0 Å². The summed E-state index contributed by atoms with van der Waals surface area (Å²) in [5, 5.41) is 3.97. The lowest BCUT2D eigenvalue weighted by Gasteiger charge is -2.29. The van der Waals surface area contributed by atoms with E-state index in [1.165, 1.54) is 21.3 Å². The third kappa shape index (κ3) is 5.80. The fraction of sp³-hybridized carbons (Fsp3) is 0.324. The lowest BCUT2D eigenvalue weighted by atomic mass is 9.91. The number of fused-ring (bicyclic) bond motifs is 1. The first-order chi connectivity index (χ1) is 18.9. The molecule has 208 valence electrons. The lowest BCUT2D eigenvalue weighted by molar-refractivity contribution is -0.128. The normalized spacial score (nSPS) is 15.3. The largest absolute Gasteiger partial charge is 0.378 e. The maximum atomic E-state index is 14.5. The van der Waals surface area contributed by atoms with E-state index in [1.807, 2.05) is 4.90 Å². The predicted octanol–water partition coefficient (Wildman–Crippen LogP) is 6.38. The molecule has 0 aliphatic carbocycles. The van der Waals surface area contributed by atoms with Crippen molar-refractivity contribution >= 4 is 54.5 Å². The van der Waals surface area contributed by atoms with Crippen LogP contribution in [0.2, 0.25) is 39.3 Å². The molecule has 1 fully saturated rings. The van der Waals surface area contributed by atoms with Gasteiger partial charge >= 0.3 is 0 Å². The Morgan fingerprint density at radius 1 is 0.775 bits per heavy atom. The molecular weight excluding hydrogens is 525 g/mol. The molecule has 1 aliphatic rings. The van der Waals surface area contributed by atoms with Crippen LogP contribution in [0, 0.1) is 6.92 Å². The van der Waals surface area contributed by atoms with Crippen LogP contribution in [0.3, 0.4) is 0 Å². The highest BCUT2D eigenvalue weighted by molar-refractivity contribution is 6.89. The first-order valence-electron chi connectivity index (χ1n) is 14.4. The summed E-state index contributed by atoms with van der Waals surface area (Å²) in [5.74, 6) is 0.0590.